The third-order valence-corrected chi connectivity index (χ3v) is 3.83. The lowest BCUT2D eigenvalue weighted by Crippen LogP contribution is -1.95. The SMILES string of the molecule is Cn1nc(Cc2ccccc2)cc1-c1ccc2c(c1)OCO2. The summed E-state index contributed by atoms with van der Waals surface area (Å²) in [4.78, 5) is 0. The van der Waals surface area contributed by atoms with Gasteiger partial charge in [-0.25, -0.2) is 0 Å². The lowest BCUT2D eigenvalue weighted by molar-refractivity contribution is 0.174. The van der Waals surface area contributed by atoms with Crippen molar-refractivity contribution in [3.63, 3.8) is 0 Å². The zero-order chi connectivity index (χ0) is 14.9. The Bertz CT molecular complexity index is 809. The van der Waals surface area contributed by atoms with Gasteiger partial charge >= 0.3 is 0 Å². The van der Waals surface area contributed by atoms with Crippen LogP contribution in [0.2, 0.25) is 0 Å². The van der Waals surface area contributed by atoms with Gasteiger partial charge in [-0.2, -0.15) is 5.10 Å². The van der Waals surface area contributed by atoms with E-state index in [-0.39, 0.29) is 0 Å². The van der Waals surface area contributed by atoms with Crippen LogP contribution in [0, 0.1) is 0 Å². The molecule has 1 aliphatic heterocycles. The maximum absolute atomic E-state index is 5.45. The predicted molar refractivity (Wildman–Crippen MR) is 84.0 cm³/mol. The van der Waals surface area contributed by atoms with Crippen molar-refractivity contribution in [2.24, 2.45) is 7.05 Å². The summed E-state index contributed by atoms with van der Waals surface area (Å²) in [5.41, 5.74) is 4.47. The summed E-state index contributed by atoms with van der Waals surface area (Å²) in [6.45, 7) is 0.295. The fourth-order valence-electron chi connectivity index (χ4n) is 2.74. The Balaban J connectivity index is 1.65. The molecule has 0 saturated carbocycles. The molecule has 0 spiro atoms. The molecule has 0 fully saturated rings. The Kier molecular flexibility index (Phi) is 3.07. The van der Waals surface area contributed by atoms with Crippen LogP contribution in [-0.4, -0.2) is 16.6 Å². The van der Waals surface area contributed by atoms with Crippen LogP contribution in [0.3, 0.4) is 0 Å². The molecule has 4 nitrogen and oxygen atoms in total. The summed E-state index contributed by atoms with van der Waals surface area (Å²) in [6.07, 6.45) is 0.833. The van der Waals surface area contributed by atoms with E-state index in [1.807, 2.05) is 36.0 Å². The highest BCUT2D eigenvalue weighted by atomic mass is 16.7. The molecule has 0 atom stereocenters. The number of rotatable bonds is 3. The highest BCUT2D eigenvalue weighted by molar-refractivity contribution is 5.65. The minimum Gasteiger partial charge on any atom is -0.454 e. The second-order valence-electron chi connectivity index (χ2n) is 5.37. The Hall–Kier alpha value is -2.75. The van der Waals surface area contributed by atoms with Crippen LogP contribution >= 0.6 is 0 Å². The molecule has 2 aromatic carbocycles. The quantitative estimate of drug-likeness (QED) is 0.742. The normalized spacial score (nSPS) is 12.6. The number of hydrogen-bond acceptors (Lipinski definition) is 3. The molecule has 1 aromatic heterocycles. The van der Waals surface area contributed by atoms with Crippen LogP contribution in [-0.2, 0) is 13.5 Å². The molecule has 1 aliphatic rings. The first kappa shape index (κ1) is 13.0. The van der Waals surface area contributed by atoms with E-state index in [2.05, 4.69) is 35.4 Å². The lowest BCUT2D eigenvalue weighted by atomic mass is 10.1. The highest BCUT2D eigenvalue weighted by Crippen LogP contribution is 2.36. The van der Waals surface area contributed by atoms with Gasteiger partial charge in [0, 0.05) is 19.0 Å². The molecule has 3 aromatic rings. The molecule has 4 heteroatoms. The van der Waals surface area contributed by atoms with Gasteiger partial charge in [0.05, 0.1) is 11.4 Å². The topological polar surface area (TPSA) is 36.3 Å². The van der Waals surface area contributed by atoms with E-state index in [9.17, 15) is 0 Å². The van der Waals surface area contributed by atoms with Crippen LogP contribution < -0.4 is 9.47 Å². The average Bonchev–Trinajstić information content (AvgIpc) is 3.14. The van der Waals surface area contributed by atoms with Crippen LogP contribution in [0.4, 0.5) is 0 Å². The van der Waals surface area contributed by atoms with E-state index in [4.69, 9.17) is 9.47 Å². The van der Waals surface area contributed by atoms with Gasteiger partial charge in [-0.15, -0.1) is 0 Å². The van der Waals surface area contributed by atoms with Crippen LogP contribution in [0.5, 0.6) is 11.5 Å². The molecular weight excluding hydrogens is 276 g/mol. The van der Waals surface area contributed by atoms with Crippen molar-refractivity contribution in [2.75, 3.05) is 6.79 Å². The van der Waals surface area contributed by atoms with E-state index >= 15 is 0 Å². The van der Waals surface area contributed by atoms with Crippen LogP contribution in [0.1, 0.15) is 11.3 Å². The van der Waals surface area contributed by atoms with Crippen molar-refractivity contribution < 1.29 is 9.47 Å². The molecule has 0 radical (unpaired) electrons. The summed E-state index contributed by atoms with van der Waals surface area (Å²) in [5, 5.41) is 4.62. The number of ether oxygens (including phenoxy) is 2. The van der Waals surface area contributed by atoms with E-state index in [0.717, 1.165) is 34.9 Å². The molecule has 22 heavy (non-hydrogen) atoms. The molecule has 0 aliphatic carbocycles. The molecule has 2 heterocycles. The standard InChI is InChI=1S/C18H16N2O2/c1-20-16(14-7-8-17-18(10-14)22-12-21-17)11-15(19-20)9-13-5-3-2-4-6-13/h2-8,10-11H,9,12H2,1H3. The van der Waals surface area contributed by atoms with E-state index in [0.29, 0.717) is 6.79 Å². The van der Waals surface area contributed by atoms with Crippen LogP contribution in [0.15, 0.2) is 54.6 Å². The molecule has 4 rings (SSSR count). The minimum absolute atomic E-state index is 0.295. The number of aryl methyl sites for hydroxylation is 1. The molecule has 0 N–H and O–H groups in total. The van der Waals surface area contributed by atoms with Crippen molar-refractivity contribution in [3.05, 3.63) is 65.9 Å². The second-order valence-corrected chi connectivity index (χ2v) is 5.37. The molecule has 110 valence electrons. The van der Waals surface area contributed by atoms with Crippen molar-refractivity contribution in [3.8, 4) is 22.8 Å². The van der Waals surface area contributed by atoms with Gasteiger partial charge in [0.15, 0.2) is 11.5 Å². The predicted octanol–water partition coefficient (Wildman–Crippen LogP) is 3.41. The largest absolute Gasteiger partial charge is 0.454 e. The first-order valence-electron chi connectivity index (χ1n) is 7.26. The van der Waals surface area contributed by atoms with Gasteiger partial charge in [0.1, 0.15) is 0 Å². The van der Waals surface area contributed by atoms with Gasteiger partial charge in [-0.1, -0.05) is 30.3 Å². The Labute approximate surface area is 128 Å². The zero-order valence-corrected chi connectivity index (χ0v) is 12.3. The van der Waals surface area contributed by atoms with Gasteiger partial charge in [0.2, 0.25) is 6.79 Å². The summed E-state index contributed by atoms with van der Waals surface area (Å²) in [7, 11) is 1.97. The Morgan fingerprint density at radius 3 is 2.68 bits per heavy atom. The van der Waals surface area contributed by atoms with Gasteiger partial charge in [0.25, 0.3) is 0 Å². The van der Waals surface area contributed by atoms with Gasteiger partial charge in [-0.3, -0.25) is 4.68 Å². The third-order valence-electron chi connectivity index (χ3n) is 3.83. The second kappa shape index (κ2) is 5.22. The van der Waals surface area contributed by atoms with Crippen LogP contribution in [0.25, 0.3) is 11.3 Å². The average molecular weight is 292 g/mol. The van der Waals surface area contributed by atoms with Gasteiger partial charge in [-0.05, 0) is 29.8 Å². The third kappa shape index (κ3) is 2.33. The fraction of sp³-hybridized carbons (Fsp3) is 0.167. The number of hydrogen-bond donors (Lipinski definition) is 0. The number of nitrogens with zero attached hydrogens (tertiary/aromatic N) is 2. The molecule has 0 saturated heterocycles. The fourth-order valence-corrected chi connectivity index (χ4v) is 2.74. The molecule has 0 unspecified atom stereocenters. The minimum atomic E-state index is 0.295. The van der Waals surface area contributed by atoms with Crippen molar-refractivity contribution in [2.45, 2.75) is 6.42 Å². The van der Waals surface area contributed by atoms with Crippen molar-refractivity contribution in [1.29, 1.82) is 0 Å². The summed E-state index contributed by atoms with van der Waals surface area (Å²) < 4.78 is 12.7. The van der Waals surface area contributed by atoms with E-state index in [1.54, 1.807) is 0 Å². The number of fused-ring (bicyclic) bond motifs is 1. The van der Waals surface area contributed by atoms with E-state index < -0.39 is 0 Å². The smallest absolute Gasteiger partial charge is 0.231 e. The van der Waals surface area contributed by atoms with E-state index in [1.165, 1.54) is 5.56 Å². The Morgan fingerprint density at radius 1 is 1.00 bits per heavy atom. The molecule has 0 amide bonds. The lowest BCUT2D eigenvalue weighted by Gasteiger charge is -2.03. The maximum Gasteiger partial charge on any atom is 0.231 e. The van der Waals surface area contributed by atoms with Crippen molar-refractivity contribution in [1.82, 2.24) is 9.78 Å². The van der Waals surface area contributed by atoms with Gasteiger partial charge < -0.3 is 9.47 Å². The van der Waals surface area contributed by atoms with Crippen molar-refractivity contribution >= 4 is 0 Å². The molecule has 0 bridgehead atoms. The number of benzene rings is 2. The summed E-state index contributed by atoms with van der Waals surface area (Å²) in [6, 6.07) is 18.5. The summed E-state index contributed by atoms with van der Waals surface area (Å²) >= 11 is 0. The number of aromatic nitrogens is 2. The zero-order valence-electron chi connectivity index (χ0n) is 12.3. The maximum atomic E-state index is 5.45. The molecular formula is C18H16N2O2. The Morgan fingerprint density at radius 2 is 1.82 bits per heavy atom. The first-order valence-corrected chi connectivity index (χ1v) is 7.26. The monoisotopic (exact) mass is 292 g/mol. The first-order chi connectivity index (χ1) is 10.8. The highest BCUT2D eigenvalue weighted by Gasteiger charge is 2.16. The summed E-state index contributed by atoms with van der Waals surface area (Å²) in [5.74, 6) is 1.60.